The van der Waals surface area contributed by atoms with Gasteiger partial charge in [0.1, 0.15) is 0 Å². The molecule has 0 saturated carbocycles. The standard InChI is InChI=1S/C9H18N2OS/c1-7(2)11(8(3)13)6-9(12)10(4)5/h7H,6H2,1-5H3. The molecular formula is C9H18N2OS. The minimum absolute atomic E-state index is 0.0814. The maximum atomic E-state index is 11.4. The van der Waals surface area contributed by atoms with Crippen molar-refractivity contribution in [1.82, 2.24) is 9.80 Å². The average Bonchev–Trinajstić information content (AvgIpc) is 1.97. The summed E-state index contributed by atoms with van der Waals surface area (Å²) in [6.45, 7) is 6.27. The molecule has 13 heavy (non-hydrogen) atoms. The van der Waals surface area contributed by atoms with Crippen molar-refractivity contribution in [1.29, 1.82) is 0 Å². The highest BCUT2D eigenvalue weighted by Crippen LogP contribution is 2.00. The van der Waals surface area contributed by atoms with Gasteiger partial charge in [-0.3, -0.25) is 4.79 Å². The van der Waals surface area contributed by atoms with E-state index in [4.69, 9.17) is 12.2 Å². The number of carbonyl (C=O) groups is 1. The van der Waals surface area contributed by atoms with Crippen LogP contribution in [0.3, 0.4) is 0 Å². The summed E-state index contributed by atoms with van der Waals surface area (Å²) in [4.78, 5) is 15.6. The summed E-state index contributed by atoms with van der Waals surface area (Å²) in [5.74, 6) is 0.0814. The fourth-order valence-corrected chi connectivity index (χ4v) is 1.22. The lowest BCUT2D eigenvalue weighted by molar-refractivity contribution is -0.129. The fraction of sp³-hybridized carbons (Fsp3) is 0.778. The number of likely N-dealkylation sites (N-methyl/N-ethyl adjacent to an activating group) is 1. The molecule has 0 rings (SSSR count). The Morgan fingerprint density at radius 2 is 1.85 bits per heavy atom. The molecule has 0 spiro atoms. The molecule has 4 heteroatoms. The first-order valence-electron chi connectivity index (χ1n) is 4.33. The minimum atomic E-state index is 0.0814. The van der Waals surface area contributed by atoms with Crippen LogP contribution in [-0.4, -0.2) is 47.4 Å². The van der Waals surface area contributed by atoms with E-state index >= 15 is 0 Å². The van der Waals surface area contributed by atoms with E-state index in [0.717, 1.165) is 4.99 Å². The Bertz CT molecular complexity index is 202. The molecular weight excluding hydrogens is 184 g/mol. The molecule has 76 valence electrons. The highest BCUT2D eigenvalue weighted by Gasteiger charge is 2.14. The van der Waals surface area contributed by atoms with Gasteiger partial charge in [0.05, 0.1) is 11.5 Å². The summed E-state index contributed by atoms with van der Waals surface area (Å²) >= 11 is 5.05. The SMILES string of the molecule is CC(=S)N(CC(=O)N(C)C)C(C)C. The highest BCUT2D eigenvalue weighted by atomic mass is 32.1. The van der Waals surface area contributed by atoms with E-state index in [-0.39, 0.29) is 11.9 Å². The van der Waals surface area contributed by atoms with E-state index in [9.17, 15) is 4.79 Å². The van der Waals surface area contributed by atoms with E-state index < -0.39 is 0 Å². The van der Waals surface area contributed by atoms with Gasteiger partial charge in [-0.05, 0) is 20.8 Å². The molecule has 0 atom stereocenters. The lowest BCUT2D eigenvalue weighted by Gasteiger charge is -2.28. The number of amides is 1. The predicted octanol–water partition coefficient (Wildman–Crippen LogP) is 1.13. The lowest BCUT2D eigenvalue weighted by atomic mass is 10.3. The molecule has 0 unspecified atom stereocenters. The van der Waals surface area contributed by atoms with Crippen LogP contribution in [0.25, 0.3) is 0 Å². The zero-order valence-electron chi connectivity index (χ0n) is 9.00. The number of hydrogen-bond donors (Lipinski definition) is 0. The molecule has 0 saturated heterocycles. The van der Waals surface area contributed by atoms with Crippen LogP contribution in [0.2, 0.25) is 0 Å². The van der Waals surface area contributed by atoms with Crippen molar-refractivity contribution in [2.24, 2.45) is 0 Å². The Labute approximate surface area is 85.7 Å². The van der Waals surface area contributed by atoms with Gasteiger partial charge in [0.15, 0.2) is 0 Å². The van der Waals surface area contributed by atoms with Crippen LogP contribution in [0.4, 0.5) is 0 Å². The van der Waals surface area contributed by atoms with Gasteiger partial charge in [-0.15, -0.1) is 0 Å². The number of rotatable bonds is 3. The van der Waals surface area contributed by atoms with Crippen LogP contribution in [0.15, 0.2) is 0 Å². The summed E-state index contributed by atoms with van der Waals surface area (Å²) in [6.07, 6.45) is 0. The molecule has 0 N–H and O–H groups in total. The van der Waals surface area contributed by atoms with Gasteiger partial charge < -0.3 is 9.80 Å². The van der Waals surface area contributed by atoms with Crippen molar-refractivity contribution in [3.8, 4) is 0 Å². The number of thiocarbonyl (C=S) groups is 1. The van der Waals surface area contributed by atoms with Crippen LogP contribution < -0.4 is 0 Å². The lowest BCUT2D eigenvalue weighted by Crippen LogP contribution is -2.42. The summed E-state index contributed by atoms with van der Waals surface area (Å²) in [5, 5.41) is 0. The van der Waals surface area contributed by atoms with Crippen molar-refractivity contribution >= 4 is 23.1 Å². The Hall–Kier alpha value is -0.640. The van der Waals surface area contributed by atoms with E-state index in [1.165, 1.54) is 0 Å². The summed E-state index contributed by atoms with van der Waals surface area (Å²) in [6, 6.07) is 0.279. The van der Waals surface area contributed by atoms with Gasteiger partial charge in [0.2, 0.25) is 5.91 Å². The maximum absolute atomic E-state index is 11.4. The second kappa shape index (κ2) is 5.17. The van der Waals surface area contributed by atoms with Crippen molar-refractivity contribution in [3.63, 3.8) is 0 Å². The first-order valence-corrected chi connectivity index (χ1v) is 4.74. The van der Waals surface area contributed by atoms with Crippen LogP contribution in [0.1, 0.15) is 20.8 Å². The maximum Gasteiger partial charge on any atom is 0.241 e. The molecule has 0 aromatic carbocycles. The van der Waals surface area contributed by atoms with Crippen molar-refractivity contribution in [2.45, 2.75) is 26.8 Å². The zero-order valence-corrected chi connectivity index (χ0v) is 9.81. The quantitative estimate of drug-likeness (QED) is 0.641. The Morgan fingerprint density at radius 1 is 1.38 bits per heavy atom. The molecule has 0 aliphatic carbocycles. The summed E-state index contributed by atoms with van der Waals surface area (Å²) < 4.78 is 0. The van der Waals surface area contributed by atoms with Crippen LogP contribution in [0.5, 0.6) is 0 Å². The first-order chi connectivity index (χ1) is 5.86. The molecule has 0 aromatic rings. The minimum Gasteiger partial charge on any atom is -0.355 e. The Morgan fingerprint density at radius 3 is 2.08 bits per heavy atom. The predicted molar refractivity (Wildman–Crippen MR) is 58.8 cm³/mol. The van der Waals surface area contributed by atoms with E-state index in [2.05, 4.69) is 0 Å². The first kappa shape index (κ1) is 12.4. The molecule has 1 amide bonds. The van der Waals surface area contributed by atoms with Gasteiger partial charge in [-0.25, -0.2) is 0 Å². The van der Waals surface area contributed by atoms with Crippen molar-refractivity contribution in [3.05, 3.63) is 0 Å². The number of hydrogen-bond acceptors (Lipinski definition) is 2. The molecule has 0 aliphatic rings. The third-order valence-electron chi connectivity index (χ3n) is 1.83. The highest BCUT2D eigenvalue weighted by molar-refractivity contribution is 7.80. The van der Waals surface area contributed by atoms with E-state index in [1.807, 2.05) is 25.7 Å². The molecule has 0 radical (unpaired) electrons. The average molecular weight is 202 g/mol. The largest absolute Gasteiger partial charge is 0.355 e. The topological polar surface area (TPSA) is 23.6 Å². The third kappa shape index (κ3) is 4.22. The second-order valence-electron chi connectivity index (χ2n) is 3.53. The third-order valence-corrected chi connectivity index (χ3v) is 2.07. The van der Waals surface area contributed by atoms with Gasteiger partial charge >= 0.3 is 0 Å². The monoisotopic (exact) mass is 202 g/mol. The van der Waals surface area contributed by atoms with Gasteiger partial charge in [0.25, 0.3) is 0 Å². The van der Waals surface area contributed by atoms with Gasteiger partial charge in [-0.2, -0.15) is 0 Å². The zero-order chi connectivity index (χ0) is 10.6. The van der Waals surface area contributed by atoms with Gasteiger partial charge in [0, 0.05) is 20.1 Å². The molecule has 0 bridgehead atoms. The molecule has 0 heterocycles. The fourth-order valence-electron chi connectivity index (χ4n) is 0.945. The van der Waals surface area contributed by atoms with Crippen LogP contribution in [-0.2, 0) is 4.79 Å². The van der Waals surface area contributed by atoms with Crippen LogP contribution in [0, 0.1) is 0 Å². The van der Waals surface area contributed by atoms with Crippen molar-refractivity contribution < 1.29 is 4.79 Å². The smallest absolute Gasteiger partial charge is 0.241 e. The van der Waals surface area contributed by atoms with Crippen LogP contribution >= 0.6 is 12.2 Å². The molecule has 0 aromatic heterocycles. The Kier molecular flexibility index (Phi) is 4.91. The Balaban J connectivity index is 4.27. The van der Waals surface area contributed by atoms with E-state index in [0.29, 0.717) is 6.54 Å². The normalized spacial score (nSPS) is 10.0. The number of carbonyl (C=O) groups excluding carboxylic acids is 1. The molecule has 0 fully saturated rings. The van der Waals surface area contributed by atoms with Crippen molar-refractivity contribution in [2.75, 3.05) is 20.6 Å². The summed E-state index contributed by atoms with van der Waals surface area (Å²) in [7, 11) is 3.50. The van der Waals surface area contributed by atoms with Gasteiger partial charge in [-0.1, -0.05) is 12.2 Å². The number of nitrogens with zero attached hydrogens (tertiary/aromatic N) is 2. The summed E-state index contributed by atoms with van der Waals surface area (Å²) in [5.41, 5.74) is 0. The molecule has 0 aliphatic heterocycles. The van der Waals surface area contributed by atoms with E-state index in [1.54, 1.807) is 19.0 Å². The molecule has 3 nitrogen and oxygen atoms in total. The second-order valence-corrected chi connectivity index (χ2v) is 4.12.